The van der Waals surface area contributed by atoms with Crippen molar-refractivity contribution >= 4 is 5.82 Å². The van der Waals surface area contributed by atoms with Gasteiger partial charge in [-0.05, 0) is 55.4 Å². The number of fused-ring (bicyclic) bond motifs is 1. The van der Waals surface area contributed by atoms with Crippen molar-refractivity contribution in [2.24, 2.45) is 0 Å². The number of nitrogens with zero attached hydrogens (tertiary/aromatic N) is 1. The van der Waals surface area contributed by atoms with Gasteiger partial charge >= 0.3 is 0 Å². The molecule has 0 saturated carbocycles. The Morgan fingerprint density at radius 1 is 1.21 bits per heavy atom. The SMILES string of the molecule is COc1cc(C)c2c(c1-c1cc(N)no1)CCCC2. The number of hydrogen-bond acceptors (Lipinski definition) is 4. The van der Waals surface area contributed by atoms with Crippen LogP contribution < -0.4 is 10.5 Å². The van der Waals surface area contributed by atoms with Crippen molar-refractivity contribution in [2.75, 3.05) is 12.8 Å². The van der Waals surface area contributed by atoms with E-state index in [9.17, 15) is 0 Å². The van der Waals surface area contributed by atoms with Crippen molar-refractivity contribution in [1.29, 1.82) is 0 Å². The van der Waals surface area contributed by atoms with Crippen LogP contribution in [0.4, 0.5) is 5.82 Å². The lowest BCUT2D eigenvalue weighted by Gasteiger charge is -2.22. The number of ether oxygens (including phenoxy) is 1. The fourth-order valence-corrected chi connectivity index (χ4v) is 2.96. The van der Waals surface area contributed by atoms with Crippen molar-refractivity contribution in [1.82, 2.24) is 5.16 Å². The van der Waals surface area contributed by atoms with Gasteiger partial charge in [-0.25, -0.2) is 0 Å². The van der Waals surface area contributed by atoms with E-state index in [1.807, 2.05) is 0 Å². The molecule has 0 fully saturated rings. The lowest BCUT2D eigenvalue weighted by molar-refractivity contribution is 0.405. The first-order valence-electron chi connectivity index (χ1n) is 6.62. The van der Waals surface area contributed by atoms with Crippen molar-refractivity contribution in [2.45, 2.75) is 32.6 Å². The van der Waals surface area contributed by atoms with E-state index in [2.05, 4.69) is 18.1 Å². The van der Waals surface area contributed by atoms with Gasteiger partial charge in [-0.3, -0.25) is 0 Å². The number of aryl methyl sites for hydroxylation is 1. The molecule has 0 radical (unpaired) electrons. The third-order valence-electron chi connectivity index (χ3n) is 3.83. The molecule has 0 aliphatic heterocycles. The third-order valence-corrected chi connectivity index (χ3v) is 3.83. The van der Waals surface area contributed by atoms with E-state index < -0.39 is 0 Å². The molecule has 0 saturated heterocycles. The zero-order chi connectivity index (χ0) is 13.4. The maximum Gasteiger partial charge on any atom is 0.173 e. The van der Waals surface area contributed by atoms with Crippen LogP contribution in [0, 0.1) is 6.92 Å². The highest BCUT2D eigenvalue weighted by Gasteiger charge is 2.23. The molecule has 1 aromatic carbocycles. The van der Waals surface area contributed by atoms with E-state index in [0.717, 1.165) is 24.2 Å². The van der Waals surface area contributed by atoms with Crippen LogP contribution in [0.5, 0.6) is 5.75 Å². The Hall–Kier alpha value is -1.97. The van der Waals surface area contributed by atoms with Gasteiger partial charge in [0.15, 0.2) is 11.6 Å². The number of methoxy groups -OCH3 is 1. The standard InChI is InChI=1S/C15H18N2O2/c1-9-7-12(18-2)15(13-8-14(16)17-19-13)11-6-4-3-5-10(9)11/h7-8H,3-6H2,1-2H3,(H2,16,17). The quantitative estimate of drug-likeness (QED) is 0.899. The highest BCUT2D eigenvalue weighted by atomic mass is 16.5. The Labute approximate surface area is 112 Å². The van der Waals surface area contributed by atoms with Crippen LogP contribution in [0.15, 0.2) is 16.7 Å². The Bertz CT molecular complexity index is 617. The molecular formula is C15H18N2O2. The fraction of sp³-hybridized carbons (Fsp3) is 0.400. The number of benzene rings is 1. The summed E-state index contributed by atoms with van der Waals surface area (Å²) < 4.78 is 10.9. The third kappa shape index (κ3) is 1.97. The maximum absolute atomic E-state index is 5.67. The highest BCUT2D eigenvalue weighted by molar-refractivity contribution is 5.74. The van der Waals surface area contributed by atoms with Gasteiger partial charge in [0, 0.05) is 6.07 Å². The van der Waals surface area contributed by atoms with Gasteiger partial charge in [0.2, 0.25) is 0 Å². The second-order valence-corrected chi connectivity index (χ2v) is 5.05. The zero-order valence-corrected chi connectivity index (χ0v) is 11.3. The average molecular weight is 258 g/mol. The predicted octanol–water partition coefficient (Wildman–Crippen LogP) is 3.12. The minimum atomic E-state index is 0.405. The average Bonchev–Trinajstić information content (AvgIpc) is 2.85. The van der Waals surface area contributed by atoms with Gasteiger partial charge in [-0.15, -0.1) is 0 Å². The first kappa shape index (κ1) is 12.1. The molecule has 100 valence electrons. The minimum Gasteiger partial charge on any atom is -0.496 e. The molecule has 1 aromatic heterocycles. The molecule has 19 heavy (non-hydrogen) atoms. The van der Waals surface area contributed by atoms with Gasteiger partial charge < -0.3 is 15.0 Å². The van der Waals surface area contributed by atoms with Crippen LogP contribution in [0.1, 0.15) is 29.5 Å². The van der Waals surface area contributed by atoms with Crippen LogP contribution in [0.3, 0.4) is 0 Å². The number of aromatic nitrogens is 1. The summed E-state index contributed by atoms with van der Waals surface area (Å²) in [6.07, 6.45) is 4.64. The normalized spacial score (nSPS) is 14.2. The minimum absolute atomic E-state index is 0.405. The van der Waals surface area contributed by atoms with E-state index in [-0.39, 0.29) is 0 Å². The molecule has 0 bridgehead atoms. The lowest BCUT2D eigenvalue weighted by atomic mass is 9.84. The molecule has 2 aromatic rings. The van der Waals surface area contributed by atoms with Crippen LogP contribution in [0.2, 0.25) is 0 Å². The van der Waals surface area contributed by atoms with Crippen LogP contribution >= 0.6 is 0 Å². The molecular weight excluding hydrogens is 240 g/mol. The molecule has 1 aliphatic rings. The number of rotatable bonds is 2. The van der Waals surface area contributed by atoms with Crippen LogP contribution in [-0.2, 0) is 12.8 Å². The summed E-state index contributed by atoms with van der Waals surface area (Å²) in [7, 11) is 1.69. The Balaban J connectivity index is 2.26. The number of nitrogens with two attached hydrogens (primary N) is 1. The van der Waals surface area contributed by atoms with Crippen molar-refractivity contribution in [3.05, 3.63) is 28.8 Å². The van der Waals surface area contributed by atoms with Crippen LogP contribution in [-0.4, -0.2) is 12.3 Å². The molecule has 0 atom stereocenters. The highest BCUT2D eigenvalue weighted by Crippen LogP contribution is 2.40. The molecule has 4 nitrogen and oxygen atoms in total. The molecule has 1 aliphatic carbocycles. The first-order chi connectivity index (χ1) is 9.20. The summed E-state index contributed by atoms with van der Waals surface area (Å²) in [5.74, 6) is 1.95. The second-order valence-electron chi connectivity index (χ2n) is 5.05. The van der Waals surface area contributed by atoms with E-state index in [1.54, 1.807) is 13.2 Å². The van der Waals surface area contributed by atoms with Gasteiger partial charge in [-0.1, -0.05) is 5.16 Å². The second kappa shape index (κ2) is 4.61. The van der Waals surface area contributed by atoms with Crippen LogP contribution in [0.25, 0.3) is 11.3 Å². The van der Waals surface area contributed by atoms with Gasteiger partial charge in [0.05, 0.1) is 12.7 Å². The van der Waals surface area contributed by atoms with E-state index in [4.69, 9.17) is 15.0 Å². The topological polar surface area (TPSA) is 61.3 Å². The summed E-state index contributed by atoms with van der Waals surface area (Å²) in [5.41, 5.74) is 10.7. The molecule has 3 rings (SSSR count). The fourth-order valence-electron chi connectivity index (χ4n) is 2.96. The Morgan fingerprint density at radius 3 is 2.58 bits per heavy atom. The summed E-state index contributed by atoms with van der Waals surface area (Å²) in [4.78, 5) is 0. The molecule has 0 amide bonds. The summed E-state index contributed by atoms with van der Waals surface area (Å²) in [6.45, 7) is 2.14. The Morgan fingerprint density at radius 2 is 1.95 bits per heavy atom. The summed E-state index contributed by atoms with van der Waals surface area (Å²) in [5, 5.41) is 3.79. The predicted molar refractivity (Wildman–Crippen MR) is 74.3 cm³/mol. The van der Waals surface area contributed by atoms with Crippen molar-refractivity contribution in [3.8, 4) is 17.1 Å². The lowest BCUT2D eigenvalue weighted by Crippen LogP contribution is -2.08. The van der Waals surface area contributed by atoms with E-state index in [1.165, 1.54) is 29.5 Å². The number of anilines is 1. The summed E-state index contributed by atoms with van der Waals surface area (Å²) >= 11 is 0. The Kier molecular flexibility index (Phi) is 2.93. The first-order valence-corrected chi connectivity index (χ1v) is 6.62. The van der Waals surface area contributed by atoms with E-state index in [0.29, 0.717) is 11.6 Å². The molecule has 4 heteroatoms. The van der Waals surface area contributed by atoms with Crippen molar-refractivity contribution < 1.29 is 9.26 Å². The van der Waals surface area contributed by atoms with Gasteiger partial charge in [-0.2, -0.15) is 0 Å². The number of nitrogen functional groups attached to an aromatic ring is 1. The zero-order valence-electron chi connectivity index (χ0n) is 11.3. The van der Waals surface area contributed by atoms with E-state index >= 15 is 0 Å². The van der Waals surface area contributed by atoms with Gasteiger partial charge in [0.1, 0.15) is 5.75 Å². The maximum atomic E-state index is 5.67. The smallest absolute Gasteiger partial charge is 0.173 e. The molecule has 0 unspecified atom stereocenters. The van der Waals surface area contributed by atoms with Gasteiger partial charge in [0.25, 0.3) is 0 Å². The summed E-state index contributed by atoms with van der Waals surface area (Å²) in [6, 6.07) is 3.85. The van der Waals surface area contributed by atoms with Crippen molar-refractivity contribution in [3.63, 3.8) is 0 Å². The largest absolute Gasteiger partial charge is 0.496 e. The molecule has 0 spiro atoms. The molecule has 2 N–H and O–H groups in total. The number of hydrogen-bond donors (Lipinski definition) is 1. The monoisotopic (exact) mass is 258 g/mol. The molecule has 1 heterocycles.